The van der Waals surface area contributed by atoms with E-state index in [2.05, 4.69) is 0 Å². The van der Waals surface area contributed by atoms with Gasteiger partial charge in [-0.2, -0.15) is 0 Å². The standard InChI is InChI=1S/C21H25ClO6/c1-2-27-16-6-3-13(4-7-16)9-14-10-15(5-8-17(14)22)21(26)19(24)12-28-18(11-23)20(21)25/h3-8,10,18-20,23-26H,2,9,11-12H2,1H3/t18-,19+,20-,21?/m0/s1. The van der Waals surface area contributed by atoms with Crippen LogP contribution in [0, 0.1) is 0 Å². The Kier molecular flexibility index (Phi) is 6.60. The maximum Gasteiger partial charge on any atom is 0.146 e. The topological polar surface area (TPSA) is 99.4 Å². The zero-order chi connectivity index (χ0) is 20.3. The first-order chi connectivity index (χ1) is 13.4. The van der Waals surface area contributed by atoms with E-state index in [1.807, 2.05) is 31.2 Å². The first-order valence-electron chi connectivity index (χ1n) is 9.21. The highest BCUT2D eigenvalue weighted by Gasteiger charge is 2.51. The molecule has 3 rings (SSSR count). The minimum absolute atomic E-state index is 0.199. The van der Waals surface area contributed by atoms with Gasteiger partial charge in [-0.3, -0.25) is 0 Å². The summed E-state index contributed by atoms with van der Waals surface area (Å²) in [7, 11) is 0. The number of benzene rings is 2. The molecule has 1 aliphatic rings. The summed E-state index contributed by atoms with van der Waals surface area (Å²) in [6.45, 7) is 1.85. The Morgan fingerprint density at radius 2 is 1.89 bits per heavy atom. The van der Waals surface area contributed by atoms with Crippen molar-refractivity contribution < 1.29 is 29.9 Å². The molecule has 1 unspecified atom stereocenters. The lowest BCUT2D eigenvalue weighted by atomic mass is 9.78. The lowest BCUT2D eigenvalue weighted by molar-refractivity contribution is -0.253. The maximum absolute atomic E-state index is 11.1. The van der Waals surface area contributed by atoms with E-state index in [1.54, 1.807) is 18.2 Å². The van der Waals surface area contributed by atoms with Crippen molar-refractivity contribution in [2.75, 3.05) is 19.8 Å². The van der Waals surface area contributed by atoms with E-state index in [-0.39, 0.29) is 6.61 Å². The Balaban J connectivity index is 1.90. The second-order valence-corrected chi connectivity index (χ2v) is 7.31. The van der Waals surface area contributed by atoms with Gasteiger partial charge in [0.1, 0.15) is 29.7 Å². The highest BCUT2D eigenvalue weighted by atomic mass is 35.5. The molecule has 7 heteroatoms. The molecule has 0 aromatic heterocycles. The summed E-state index contributed by atoms with van der Waals surface area (Å²) in [5.74, 6) is 0.781. The Hall–Kier alpha value is -1.67. The van der Waals surface area contributed by atoms with Crippen molar-refractivity contribution in [2.45, 2.75) is 37.3 Å². The smallest absolute Gasteiger partial charge is 0.146 e. The van der Waals surface area contributed by atoms with E-state index >= 15 is 0 Å². The number of ether oxygens (including phenoxy) is 2. The van der Waals surface area contributed by atoms with E-state index in [0.29, 0.717) is 23.6 Å². The number of aliphatic hydroxyl groups excluding tert-OH is 3. The summed E-state index contributed by atoms with van der Waals surface area (Å²) in [5, 5.41) is 41.8. The molecule has 0 spiro atoms. The number of hydrogen-bond donors (Lipinski definition) is 4. The predicted octanol–water partition coefficient (Wildman–Crippen LogP) is 1.63. The molecule has 0 aliphatic carbocycles. The molecular formula is C21H25ClO6. The van der Waals surface area contributed by atoms with Gasteiger partial charge in [0.25, 0.3) is 0 Å². The molecule has 4 atom stereocenters. The van der Waals surface area contributed by atoms with Gasteiger partial charge in [0.15, 0.2) is 0 Å². The van der Waals surface area contributed by atoms with E-state index in [0.717, 1.165) is 16.9 Å². The molecule has 1 saturated heterocycles. The molecule has 0 amide bonds. The van der Waals surface area contributed by atoms with Gasteiger partial charge >= 0.3 is 0 Å². The Morgan fingerprint density at radius 3 is 2.54 bits per heavy atom. The summed E-state index contributed by atoms with van der Waals surface area (Å²) >= 11 is 6.34. The molecule has 6 nitrogen and oxygen atoms in total. The fourth-order valence-electron chi connectivity index (χ4n) is 3.48. The SMILES string of the molecule is CCOc1ccc(Cc2cc(C3(O)[C@H](O)CO[C@@H](CO)[C@@H]3O)ccc2Cl)cc1. The minimum atomic E-state index is -1.97. The van der Waals surface area contributed by atoms with Crippen LogP contribution in [-0.4, -0.2) is 58.6 Å². The third kappa shape index (κ3) is 4.03. The zero-order valence-corrected chi connectivity index (χ0v) is 16.3. The Labute approximate surface area is 168 Å². The van der Waals surface area contributed by atoms with Gasteiger partial charge in [0, 0.05) is 5.02 Å². The molecule has 0 radical (unpaired) electrons. The van der Waals surface area contributed by atoms with Crippen molar-refractivity contribution >= 4 is 11.6 Å². The number of hydrogen-bond acceptors (Lipinski definition) is 6. The quantitative estimate of drug-likeness (QED) is 0.580. The van der Waals surface area contributed by atoms with Crippen molar-refractivity contribution in [3.05, 3.63) is 64.2 Å². The van der Waals surface area contributed by atoms with Crippen LogP contribution in [0.5, 0.6) is 5.75 Å². The van der Waals surface area contributed by atoms with E-state index < -0.39 is 30.5 Å². The number of rotatable bonds is 6. The predicted molar refractivity (Wildman–Crippen MR) is 105 cm³/mol. The molecule has 1 heterocycles. The molecule has 152 valence electrons. The van der Waals surface area contributed by atoms with Crippen LogP contribution in [0.1, 0.15) is 23.6 Å². The van der Waals surface area contributed by atoms with Crippen molar-refractivity contribution in [1.82, 2.24) is 0 Å². The van der Waals surface area contributed by atoms with Crippen LogP contribution < -0.4 is 4.74 Å². The van der Waals surface area contributed by atoms with Crippen LogP contribution in [-0.2, 0) is 16.8 Å². The van der Waals surface area contributed by atoms with Gasteiger partial charge in [-0.25, -0.2) is 0 Å². The van der Waals surface area contributed by atoms with Crippen LogP contribution in [0.3, 0.4) is 0 Å². The van der Waals surface area contributed by atoms with Crippen LogP contribution in [0.2, 0.25) is 5.02 Å². The van der Waals surface area contributed by atoms with Crippen LogP contribution in [0.4, 0.5) is 0 Å². The zero-order valence-electron chi connectivity index (χ0n) is 15.6. The van der Waals surface area contributed by atoms with Crippen molar-refractivity contribution in [3.63, 3.8) is 0 Å². The second kappa shape index (κ2) is 8.78. The van der Waals surface area contributed by atoms with Crippen molar-refractivity contribution in [2.24, 2.45) is 0 Å². The first kappa shape index (κ1) is 21.0. The number of aliphatic hydroxyl groups is 4. The monoisotopic (exact) mass is 408 g/mol. The molecule has 0 bridgehead atoms. The molecule has 1 aliphatic heterocycles. The fraction of sp³-hybridized carbons (Fsp3) is 0.429. The maximum atomic E-state index is 11.1. The molecular weight excluding hydrogens is 384 g/mol. The van der Waals surface area contributed by atoms with E-state index in [1.165, 1.54) is 0 Å². The average Bonchev–Trinajstić information content (AvgIpc) is 2.70. The van der Waals surface area contributed by atoms with Gasteiger partial charge < -0.3 is 29.9 Å². The Morgan fingerprint density at radius 1 is 1.18 bits per heavy atom. The van der Waals surface area contributed by atoms with Crippen molar-refractivity contribution in [1.29, 1.82) is 0 Å². The summed E-state index contributed by atoms with van der Waals surface area (Å²) < 4.78 is 10.6. The third-order valence-corrected chi connectivity index (χ3v) is 5.47. The van der Waals surface area contributed by atoms with Gasteiger partial charge in [0.2, 0.25) is 0 Å². The third-order valence-electron chi connectivity index (χ3n) is 5.10. The molecule has 28 heavy (non-hydrogen) atoms. The van der Waals surface area contributed by atoms with Gasteiger partial charge in [0.05, 0.1) is 19.8 Å². The second-order valence-electron chi connectivity index (χ2n) is 6.90. The summed E-state index contributed by atoms with van der Waals surface area (Å²) in [4.78, 5) is 0. The molecule has 4 N–H and O–H groups in total. The molecule has 1 fully saturated rings. The largest absolute Gasteiger partial charge is 0.494 e. The molecule has 0 saturated carbocycles. The van der Waals surface area contributed by atoms with E-state index in [4.69, 9.17) is 21.1 Å². The summed E-state index contributed by atoms with van der Waals surface area (Å²) in [5.41, 5.74) is 0.0858. The lowest BCUT2D eigenvalue weighted by Crippen LogP contribution is -2.61. The normalized spacial score (nSPS) is 27.6. The summed E-state index contributed by atoms with van der Waals surface area (Å²) in [6.07, 6.45) is -3.31. The molecule has 2 aromatic rings. The van der Waals surface area contributed by atoms with Crippen LogP contribution in [0.15, 0.2) is 42.5 Å². The minimum Gasteiger partial charge on any atom is -0.494 e. The van der Waals surface area contributed by atoms with E-state index in [9.17, 15) is 20.4 Å². The average molecular weight is 409 g/mol. The lowest BCUT2D eigenvalue weighted by Gasteiger charge is -2.44. The number of halogens is 1. The van der Waals surface area contributed by atoms with Crippen LogP contribution >= 0.6 is 11.6 Å². The fourth-order valence-corrected chi connectivity index (χ4v) is 3.66. The Bertz CT molecular complexity index is 796. The van der Waals surface area contributed by atoms with Crippen LogP contribution in [0.25, 0.3) is 0 Å². The molecule has 2 aromatic carbocycles. The highest BCUT2D eigenvalue weighted by Crippen LogP contribution is 2.37. The van der Waals surface area contributed by atoms with Crippen molar-refractivity contribution in [3.8, 4) is 5.75 Å². The van der Waals surface area contributed by atoms with Gasteiger partial charge in [-0.15, -0.1) is 0 Å². The van der Waals surface area contributed by atoms with Gasteiger partial charge in [-0.1, -0.05) is 35.9 Å². The highest BCUT2D eigenvalue weighted by molar-refractivity contribution is 6.31. The summed E-state index contributed by atoms with van der Waals surface area (Å²) in [6, 6.07) is 12.5. The first-order valence-corrected chi connectivity index (χ1v) is 9.59. The van der Waals surface area contributed by atoms with Gasteiger partial charge in [-0.05, 0) is 48.2 Å².